The molecule has 0 aromatic carbocycles. The zero-order valence-electron chi connectivity index (χ0n) is 10.7. The van der Waals surface area contributed by atoms with Crippen molar-refractivity contribution in [1.82, 2.24) is 10.3 Å². The van der Waals surface area contributed by atoms with Crippen LogP contribution in [0.4, 0.5) is 0 Å². The third kappa shape index (κ3) is 3.53. The second-order valence-electron chi connectivity index (χ2n) is 5.71. The van der Waals surface area contributed by atoms with Crippen LogP contribution in [-0.4, -0.2) is 16.9 Å². The zero-order chi connectivity index (χ0) is 12.5. The lowest BCUT2D eigenvalue weighted by molar-refractivity contribution is -0.121. The molecule has 1 atom stereocenters. The summed E-state index contributed by atoms with van der Waals surface area (Å²) in [6.45, 7) is 6.50. The van der Waals surface area contributed by atoms with Crippen LogP contribution in [0, 0.1) is 12.3 Å². The van der Waals surface area contributed by atoms with Crippen molar-refractivity contribution in [3.05, 3.63) is 16.1 Å². The molecule has 1 fully saturated rings. The van der Waals surface area contributed by atoms with Gasteiger partial charge in [-0.2, -0.15) is 0 Å². The largest absolute Gasteiger partial charge is 0.353 e. The van der Waals surface area contributed by atoms with Crippen molar-refractivity contribution in [3.63, 3.8) is 0 Å². The zero-order valence-corrected chi connectivity index (χ0v) is 11.6. The minimum atomic E-state index is 0.109. The molecule has 1 aliphatic rings. The average molecular weight is 252 g/mol. The Hall–Kier alpha value is -0.900. The number of aryl methyl sites for hydroxylation is 1. The number of rotatable bonds is 3. The standard InChI is InChI=1S/C13H20N2OS/c1-9-14-11(8-17-9)6-12(16)15-10-4-5-13(2,3)7-10/h8,10H,4-7H2,1-3H3,(H,15,16). The second-order valence-corrected chi connectivity index (χ2v) is 6.77. The number of thiazole rings is 1. The van der Waals surface area contributed by atoms with Crippen LogP contribution in [-0.2, 0) is 11.2 Å². The van der Waals surface area contributed by atoms with Gasteiger partial charge in [0.05, 0.1) is 17.1 Å². The molecule has 2 rings (SSSR count). The fraction of sp³-hybridized carbons (Fsp3) is 0.692. The molecule has 1 aromatic heterocycles. The van der Waals surface area contributed by atoms with E-state index in [-0.39, 0.29) is 5.91 Å². The first-order valence-electron chi connectivity index (χ1n) is 6.15. The highest BCUT2D eigenvalue weighted by Crippen LogP contribution is 2.36. The first kappa shape index (κ1) is 12.6. The van der Waals surface area contributed by atoms with E-state index in [1.807, 2.05) is 12.3 Å². The lowest BCUT2D eigenvalue weighted by Crippen LogP contribution is -2.34. The van der Waals surface area contributed by atoms with Gasteiger partial charge in [-0.25, -0.2) is 4.98 Å². The summed E-state index contributed by atoms with van der Waals surface area (Å²) in [5.74, 6) is 0.109. The van der Waals surface area contributed by atoms with Crippen LogP contribution in [0.15, 0.2) is 5.38 Å². The first-order valence-corrected chi connectivity index (χ1v) is 7.03. The maximum atomic E-state index is 11.8. The van der Waals surface area contributed by atoms with E-state index in [0.717, 1.165) is 23.5 Å². The Morgan fingerprint density at radius 2 is 2.41 bits per heavy atom. The van der Waals surface area contributed by atoms with Gasteiger partial charge >= 0.3 is 0 Å². The Morgan fingerprint density at radius 3 is 2.94 bits per heavy atom. The maximum absolute atomic E-state index is 11.8. The Morgan fingerprint density at radius 1 is 1.65 bits per heavy atom. The molecule has 1 N–H and O–H groups in total. The fourth-order valence-electron chi connectivity index (χ4n) is 2.49. The van der Waals surface area contributed by atoms with E-state index in [9.17, 15) is 4.79 Å². The Balaban J connectivity index is 1.82. The number of aromatic nitrogens is 1. The van der Waals surface area contributed by atoms with Crippen molar-refractivity contribution in [2.75, 3.05) is 0 Å². The molecule has 1 amide bonds. The highest BCUT2D eigenvalue weighted by Gasteiger charge is 2.31. The molecule has 4 heteroatoms. The summed E-state index contributed by atoms with van der Waals surface area (Å²) < 4.78 is 0. The Labute approximate surface area is 107 Å². The number of amides is 1. The molecule has 17 heavy (non-hydrogen) atoms. The van der Waals surface area contributed by atoms with Crippen molar-refractivity contribution < 1.29 is 4.79 Å². The highest BCUT2D eigenvalue weighted by molar-refractivity contribution is 7.09. The third-order valence-corrected chi connectivity index (χ3v) is 4.16. The van der Waals surface area contributed by atoms with Gasteiger partial charge in [0.2, 0.25) is 5.91 Å². The van der Waals surface area contributed by atoms with Crippen LogP contribution in [0.2, 0.25) is 0 Å². The smallest absolute Gasteiger partial charge is 0.226 e. The molecular formula is C13H20N2OS. The highest BCUT2D eigenvalue weighted by atomic mass is 32.1. The van der Waals surface area contributed by atoms with E-state index >= 15 is 0 Å². The van der Waals surface area contributed by atoms with Crippen molar-refractivity contribution in [3.8, 4) is 0 Å². The molecule has 0 saturated heterocycles. The molecule has 0 radical (unpaired) electrons. The normalized spacial score (nSPS) is 22.6. The van der Waals surface area contributed by atoms with Crippen molar-refractivity contribution >= 4 is 17.2 Å². The molecule has 1 heterocycles. The summed E-state index contributed by atoms with van der Waals surface area (Å²) in [5.41, 5.74) is 1.28. The predicted molar refractivity (Wildman–Crippen MR) is 70.1 cm³/mol. The number of nitrogens with one attached hydrogen (secondary N) is 1. The average Bonchev–Trinajstić information content (AvgIpc) is 2.73. The van der Waals surface area contributed by atoms with Crippen LogP contribution in [0.3, 0.4) is 0 Å². The lowest BCUT2D eigenvalue weighted by Gasteiger charge is -2.17. The van der Waals surface area contributed by atoms with Crippen molar-refractivity contribution in [2.45, 2.75) is 52.5 Å². The van der Waals surface area contributed by atoms with Crippen LogP contribution in [0.1, 0.15) is 43.8 Å². The van der Waals surface area contributed by atoms with Crippen molar-refractivity contribution in [1.29, 1.82) is 0 Å². The predicted octanol–water partition coefficient (Wildman–Crippen LogP) is 2.69. The minimum absolute atomic E-state index is 0.109. The molecule has 1 unspecified atom stereocenters. The molecule has 1 saturated carbocycles. The summed E-state index contributed by atoms with van der Waals surface area (Å²) in [6, 6.07) is 0.359. The summed E-state index contributed by atoms with van der Waals surface area (Å²) in [6.07, 6.45) is 3.82. The van der Waals surface area contributed by atoms with Gasteiger partial charge in [0.1, 0.15) is 0 Å². The summed E-state index contributed by atoms with van der Waals surface area (Å²) >= 11 is 1.60. The van der Waals surface area contributed by atoms with Crippen LogP contribution >= 0.6 is 11.3 Å². The molecule has 0 bridgehead atoms. The summed E-state index contributed by atoms with van der Waals surface area (Å²) in [5, 5.41) is 6.11. The number of carbonyl (C=O) groups excluding carboxylic acids is 1. The molecule has 3 nitrogen and oxygen atoms in total. The van der Waals surface area contributed by atoms with Gasteiger partial charge in [0, 0.05) is 11.4 Å². The number of hydrogen-bond donors (Lipinski definition) is 1. The molecular weight excluding hydrogens is 232 g/mol. The third-order valence-electron chi connectivity index (χ3n) is 3.34. The first-order chi connectivity index (χ1) is 7.94. The minimum Gasteiger partial charge on any atom is -0.353 e. The SMILES string of the molecule is Cc1nc(CC(=O)NC2CCC(C)(C)C2)cs1. The summed E-state index contributed by atoms with van der Waals surface area (Å²) in [7, 11) is 0. The fourth-order valence-corrected chi connectivity index (χ4v) is 3.10. The lowest BCUT2D eigenvalue weighted by atomic mass is 9.92. The molecule has 1 aromatic rings. The van der Waals surface area contributed by atoms with E-state index in [2.05, 4.69) is 24.1 Å². The van der Waals surface area contributed by atoms with Gasteiger partial charge in [0.15, 0.2) is 0 Å². The van der Waals surface area contributed by atoms with Gasteiger partial charge in [-0.3, -0.25) is 4.79 Å². The van der Waals surface area contributed by atoms with Gasteiger partial charge in [-0.05, 0) is 31.6 Å². The van der Waals surface area contributed by atoms with E-state index in [4.69, 9.17) is 0 Å². The van der Waals surface area contributed by atoms with Gasteiger partial charge in [0.25, 0.3) is 0 Å². The van der Waals surface area contributed by atoms with Crippen LogP contribution in [0.25, 0.3) is 0 Å². The van der Waals surface area contributed by atoms with Gasteiger partial charge in [-0.15, -0.1) is 11.3 Å². The van der Waals surface area contributed by atoms with E-state index in [1.54, 1.807) is 11.3 Å². The van der Waals surface area contributed by atoms with E-state index < -0.39 is 0 Å². The second kappa shape index (κ2) is 4.77. The quantitative estimate of drug-likeness (QED) is 0.898. The molecule has 0 aliphatic heterocycles. The van der Waals surface area contributed by atoms with Crippen molar-refractivity contribution in [2.24, 2.45) is 5.41 Å². The maximum Gasteiger partial charge on any atom is 0.226 e. The van der Waals surface area contributed by atoms with E-state index in [1.165, 1.54) is 6.42 Å². The van der Waals surface area contributed by atoms with Crippen LogP contribution in [0.5, 0.6) is 0 Å². The van der Waals surface area contributed by atoms with Crippen LogP contribution < -0.4 is 5.32 Å². The van der Waals surface area contributed by atoms with Gasteiger partial charge in [-0.1, -0.05) is 13.8 Å². The number of hydrogen-bond acceptors (Lipinski definition) is 3. The monoisotopic (exact) mass is 252 g/mol. The topological polar surface area (TPSA) is 42.0 Å². The molecule has 0 spiro atoms. The molecule has 1 aliphatic carbocycles. The Bertz CT molecular complexity index is 411. The summed E-state index contributed by atoms with van der Waals surface area (Å²) in [4.78, 5) is 16.2. The van der Waals surface area contributed by atoms with Gasteiger partial charge < -0.3 is 5.32 Å². The number of carbonyl (C=O) groups is 1. The Kier molecular flexibility index (Phi) is 3.52. The number of nitrogens with zero attached hydrogens (tertiary/aromatic N) is 1. The molecule has 94 valence electrons. The van der Waals surface area contributed by atoms with E-state index in [0.29, 0.717) is 17.9 Å².